The predicted octanol–water partition coefficient (Wildman–Crippen LogP) is 5.15. The number of piperazine rings is 1. The van der Waals surface area contributed by atoms with Crippen molar-refractivity contribution in [2.45, 2.75) is 19.8 Å². The van der Waals surface area contributed by atoms with E-state index in [-0.39, 0.29) is 11.9 Å². The minimum Gasteiger partial charge on any atom is -0.322 e. The Morgan fingerprint density at radius 1 is 1.03 bits per heavy atom. The maximum Gasteiger partial charge on any atom is 0.321 e. The molecule has 0 unspecified atom stereocenters. The first kappa shape index (κ1) is 23.8. The number of anilines is 2. The fraction of sp³-hybridized carbons (Fsp3) is 0.391. The zero-order valence-electron chi connectivity index (χ0n) is 18.1. The third kappa shape index (κ3) is 6.08. The molecular weight excluding hydrogens is 524 g/mol. The molecule has 166 valence electrons. The average Bonchev–Trinajstić information content (AvgIpc) is 2.76. The second-order valence-corrected chi connectivity index (χ2v) is 9.70. The van der Waals surface area contributed by atoms with Gasteiger partial charge in [0.05, 0.1) is 12.2 Å². The average molecular weight is 552 g/mol. The van der Waals surface area contributed by atoms with Crippen LogP contribution in [-0.4, -0.2) is 61.5 Å². The number of nitrogens with zero attached hydrogens (tertiary/aromatic N) is 3. The van der Waals surface area contributed by atoms with Gasteiger partial charge in [-0.3, -0.25) is 9.69 Å². The fourth-order valence-electron chi connectivity index (χ4n) is 3.43. The van der Waals surface area contributed by atoms with E-state index in [1.165, 1.54) is 5.56 Å². The first-order valence-corrected chi connectivity index (χ1v) is 11.9. The quantitative estimate of drug-likeness (QED) is 0.559. The van der Waals surface area contributed by atoms with Gasteiger partial charge in [-0.05, 0) is 67.6 Å². The Morgan fingerprint density at radius 3 is 2.16 bits per heavy atom. The summed E-state index contributed by atoms with van der Waals surface area (Å²) >= 11 is 7.15. The van der Waals surface area contributed by atoms with E-state index in [0.717, 1.165) is 20.3 Å². The molecule has 8 heteroatoms. The third-order valence-corrected chi connectivity index (χ3v) is 6.75. The molecule has 1 fully saturated rings. The first-order valence-electron chi connectivity index (χ1n) is 10.3. The summed E-state index contributed by atoms with van der Waals surface area (Å²) in [5, 5.41) is 3.01. The molecule has 0 radical (unpaired) electrons. The van der Waals surface area contributed by atoms with Gasteiger partial charge in [0.2, 0.25) is 5.91 Å². The number of nitrogens with one attached hydrogen (secondary N) is 1. The number of urea groups is 1. The molecule has 1 saturated heterocycles. The number of benzene rings is 2. The number of para-hydroxylation sites is 1. The number of carbonyl (C=O) groups is 2. The number of hydrogen-bond donors (Lipinski definition) is 1. The fourth-order valence-corrected chi connectivity index (χ4v) is 4.85. The SMILES string of the molecule is CC(C)c1cc(Br)c(NC(=O)N2CCN(CC(=O)N(C)c3ccccc3)CC2)c(Br)c1. The number of carbonyl (C=O) groups excluding carboxylic acids is 2. The highest BCUT2D eigenvalue weighted by Gasteiger charge is 2.24. The van der Waals surface area contributed by atoms with E-state index in [9.17, 15) is 9.59 Å². The molecule has 1 aliphatic rings. The maximum absolute atomic E-state index is 12.8. The lowest BCUT2D eigenvalue weighted by Gasteiger charge is -2.35. The lowest BCUT2D eigenvalue weighted by Crippen LogP contribution is -2.52. The zero-order valence-corrected chi connectivity index (χ0v) is 21.2. The Kier molecular flexibility index (Phi) is 8.13. The van der Waals surface area contributed by atoms with Crippen LogP contribution in [0.15, 0.2) is 51.4 Å². The summed E-state index contributed by atoms with van der Waals surface area (Å²) in [6.45, 7) is 7.09. The number of amides is 3. The van der Waals surface area contributed by atoms with Crippen molar-refractivity contribution in [3.8, 4) is 0 Å². The molecule has 2 aromatic rings. The van der Waals surface area contributed by atoms with Crippen molar-refractivity contribution in [1.82, 2.24) is 9.80 Å². The first-order chi connectivity index (χ1) is 14.8. The molecule has 0 bridgehead atoms. The highest BCUT2D eigenvalue weighted by atomic mass is 79.9. The van der Waals surface area contributed by atoms with E-state index in [2.05, 4.69) is 55.9 Å². The molecule has 0 atom stereocenters. The molecule has 1 N–H and O–H groups in total. The maximum atomic E-state index is 12.8. The van der Waals surface area contributed by atoms with Gasteiger partial charge in [-0.1, -0.05) is 32.0 Å². The van der Waals surface area contributed by atoms with Crippen LogP contribution in [0.5, 0.6) is 0 Å². The molecule has 6 nitrogen and oxygen atoms in total. The van der Waals surface area contributed by atoms with Crippen molar-refractivity contribution in [2.75, 3.05) is 50.0 Å². The summed E-state index contributed by atoms with van der Waals surface area (Å²) in [6, 6.07) is 13.6. The largest absolute Gasteiger partial charge is 0.322 e. The van der Waals surface area contributed by atoms with E-state index in [4.69, 9.17) is 0 Å². The van der Waals surface area contributed by atoms with Crippen molar-refractivity contribution in [1.29, 1.82) is 0 Å². The summed E-state index contributed by atoms with van der Waals surface area (Å²) in [5.41, 5.74) is 2.80. The Morgan fingerprint density at radius 2 is 1.61 bits per heavy atom. The van der Waals surface area contributed by atoms with E-state index in [1.807, 2.05) is 42.5 Å². The Hall–Kier alpha value is -1.90. The standard InChI is InChI=1S/C23H28Br2N4O2/c1-16(2)17-13-19(24)22(20(25)14-17)26-23(31)29-11-9-28(10-12-29)15-21(30)27(3)18-7-5-4-6-8-18/h4-8,13-14,16H,9-12,15H2,1-3H3,(H,26,31). The van der Waals surface area contributed by atoms with Crippen LogP contribution in [0.1, 0.15) is 25.3 Å². The number of rotatable bonds is 5. The van der Waals surface area contributed by atoms with E-state index < -0.39 is 0 Å². The van der Waals surface area contributed by atoms with Crippen LogP contribution in [-0.2, 0) is 4.79 Å². The Balaban J connectivity index is 1.53. The molecule has 0 aliphatic carbocycles. The van der Waals surface area contributed by atoms with Crippen molar-refractivity contribution >= 4 is 55.2 Å². The van der Waals surface area contributed by atoms with Gasteiger partial charge >= 0.3 is 6.03 Å². The number of likely N-dealkylation sites (N-methyl/N-ethyl adjacent to an activating group) is 1. The third-order valence-electron chi connectivity index (χ3n) is 5.50. The van der Waals surface area contributed by atoms with Gasteiger partial charge in [0, 0.05) is 47.9 Å². The molecule has 0 aromatic heterocycles. The van der Waals surface area contributed by atoms with Crippen molar-refractivity contribution in [3.63, 3.8) is 0 Å². The number of hydrogen-bond acceptors (Lipinski definition) is 3. The zero-order chi connectivity index (χ0) is 22.5. The van der Waals surface area contributed by atoms with Crippen LogP contribution in [0.4, 0.5) is 16.2 Å². The molecule has 1 aliphatic heterocycles. The molecular formula is C23H28Br2N4O2. The Bertz CT molecular complexity index is 905. The minimum absolute atomic E-state index is 0.0437. The minimum atomic E-state index is -0.133. The van der Waals surface area contributed by atoms with Gasteiger partial charge in [-0.15, -0.1) is 0 Å². The van der Waals surface area contributed by atoms with Gasteiger partial charge < -0.3 is 15.1 Å². The van der Waals surface area contributed by atoms with E-state index >= 15 is 0 Å². The molecule has 0 saturated carbocycles. The smallest absolute Gasteiger partial charge is 0.321 e. The van der Waals surface area contributed by atoms with Crippen LogP contribution < -0.4 is 10.2 Å². The lowest BCUT2D eigenvalue weighted by atomic mass is 10.0. The highest BCUT2D eigenvalue weighted by molar-refractivity contribution is 9.11. The van der Waals surface area contributed by atoms with Gasteiger partial charge in [0.15, 0.2) is 0 Å². The van der Waals surface area contributed by atoms with Crippen LogP contribution in [0.2, 0.25) is 0 Å². The summed E-state index contributed by atoms with van der Waals surface area (Å²) in [5.74, 6) is 0.441. The van der Waals surface area contributed by atoms with Gasteiger partial charge in [0.25, 0.3) is 0 Å². The van der Waals surface area contributed by atoms with Crippen molar-refractivity contribution < 1.29 is 9.59 Å². The van der Waals surface area contributed by atoms with Crippen LogP contribution in [0, 0.1) is 0 Å². The molecule has 0 spiro atoms. The van der Waals surface area contributed by atoms with Crippen molar-refractivity contribution in [2.24, 2.45) is 0 Å². The second kappa shape index (κ2) is 10.6. The second-order valence-electron chi connectivity index (χ2n) is 8.00. The van der Waals surface area contributed by atoms with Crippen LogP contribution in [0.25, 0.3) is 0 Å². The predicted molar refractivity (Wildman–Crippen MR) is 133 cm³/mol. The summed E-state index contributed by atoms with van der Waals surface area (Å²) in [6.07, 6.45) is 0. The molecule has 1 heterocycles. The number of halogens is 2. The lowest BCUT2D eigenvalue weighted by molar-refractivity contribution is -0.119. The monoisotopic (exact) mass is 550 g/mol. The van der Waals surface area contributed by atoms with Gasteiger partial charge in [0.1, 0.15) is 0 Å². The molecule has 31 heavy (non-hydrogen) atoms. The highest BCUT2D eigenvalue weighted by Crippen LogP contribution is 2.35. The summed E-state index contributed by atoms with van der Waals surface area (Å²) < 4.78 is 1.71. The van der Waals surface area contributed by atoms with Crippen molar-refractivity contribution in [3.05, 3.63) is 57.0 Å². The molecule has 3 rings (SSSR count). The Labute approximate surface area is 200 Å². The normalized spacial score (nSPS) is 14.6. The van der Waals surface area contributed by atoms with Crippen LogP contribution >= 0.6 is 31.9 Å². The van der Waals surface area contributed by atoms with Crippen LogP contribution in [0.3, 0.4) is 0 Å². The van der Waals surface area contributed by atoms with E-state index in [1.54, 1.807) is 16.8 Å². The topological polar surface area (TPSA) is 55.9 Å². The van der Waals surface area contributed by atoms with E-state index in [0.29, 0.717) is 38.6 Å². The van der Waals surface area contributed by atoms with Gasteiger partial charge in [-0.2, -0.15) is 0 Å². The molecule has 2 aromatic carbocycles. The summed E-state index contributed by atoms with van der Waals surface area (Å²) in [7, 11) is 1.79. The van der Waals surface area contributed by atoms with Gasteiger partial charge in [-0.25, -0.2) is 4.79 Å². The molecule has 3 amide bonds. The summed E-state index contributed by atoms with van der Waals surface area (Å²) in [4.78, 5) is 30.9.